The van der Waals surface area contributed by atoms with Crippen LogP contribution in [0.1, 0.15) is 22.3 Å². The van der Waals surface area contributed by atoms with Crippen molar-refractivity contribution in [3.05, 3.63) is 63.1 Å². The fourth-order valence-corrected chi connectivity index (χ4v) is 2.85. The van der Waals surface area contributed by atoms with Gasteiger partial charge in [0.25, 0.3) is 0 Å². The highest BCUT2D eigenvalue weighted by molar-refractivity contribution is 9.10. The van der Waals surface area contributed by atoms with Gasteiger partial charge in [-0.2, -0.15) is 5.26 Å². The molecule has 0 fully saturated rings. The molecule has 0 radical (unpaired) electrons. The molecule has 0 saturated carbocycles. The maximum atomic E-state index is 9.12. The lowest BCUT2D eigenvalue weighted by molar-refractivity contribution is 0.300. The molecule has 2 rings (SSSR count). The van der Waals surface area contributed by atoms with Crippen LogP contribution < -0.4 is 10.1 Å². The molecular weight excluding hydrogens is 328 g/mol. The van der Waals surface area contributed by atoms with E-state index in [-0.39, 0.29) is 0 Å². The Morgan fingerprint density at radius 3 is 2.71 bits per heavy atom. The van der Waals surface area contributed by atoms with E-state index in [1.807, 2.05) is 44.3 Å². The summed E-state index contributed by atoms with van der Waals surface area (Å²) in [5, 5.41) is 12.3. The molecule has 21 heavy (non-hydrogen) atoms. The minimum Gasteiger partial charge on any atom is -0.488 e. The summed E-state index contributed by atoms with van der Waals surface area (Å²) >= 11 is 3.51. The normalized spacial score (nSPS) is 10.2. The van der Waals surface area contributed by atoms with Crippen LogP contribution in [0.5, 0.6) is 5.75 Å². The van der Waals surface area contributed by atoms with Gasteiger partial charge >= 0.3 is 0 Å². The minimum atomic E-state index is 0.392. The van der Waals surface area contributed by atoms with E-state index in [2.05, 4.69) is 33.4 Å². The van der Waals surface area contributed by atoms with Crippen molar-refractivity contribution in [3.8, 4) is 11.8 Å². The Bertz CT molecular complexity index is 677. The molecule has 0 bridgehead atoms. The van der Waals surface area contributed by atoms with Crippen LogP contribution in [0.2, 0.25) is 0 Å². The summed E-state index contributed by atoms with van der Waals surface area (Å²) < 4.78 is 7.03. The van der Waals surface area contributed by atoms with Crippen molar-refractivity contribution in [2.75, 3.05) is 7.05 Å². The Hall–Kier alpha value is -1.83. The second-order valence-corrected chi connectivity index (χ2v) is 5.71. The van der Waals surface area contributed by atoms with Gasteiger partial charge in [0.2, 0.25) is 0 Å². The average molecular weight is 345 g/mol. The lowest BCUT2D eigenvalue weighted by Crippen LogP contribution is -2.09. The number of hydrogen-bond acceptors (Lipinski definition) is 3. The second kappa shape index (κ2) is 7.26. The Morgan fingerprint density at radius 2 is 2.00 bits per heavy atom. The van der Waals surface area contributed by atoms with E-state index < -0.39 is 0 Å². The van der Waals surface area contributed by atoms with Crippen molar-refractivity contribution in [1.82, 2.24) is 5.32 Å². The minimum absolute atomic E-state index is 0.392. The summed E-state index contributed by atoms with van der Waals surface area (Å²) in [4.78, 5) is 0. The van der Waals surface area contributed by atoms with Crippen molar-refractivity contribution in [1.29, 1.82) is 5.26 Å². The van der Waals surface area contributed by atoms with E-state index in [4.69, 9.17) is 10.00 Å². The zero-order valence-corrected chi connectivity index (χ0v) is 13.7. The lowest BCUT2D eigenvalue weighted by Gasteiger charge is -2.15. The summed E-state index contributed by atoms with van der Waals surface area (Å²) in [5.74, 6) is 0.875. The third kappa shape index (κ3) is 3.84. The molecule has 0 saturated heterocycles. The van der Waals surface area contributed by atoms with Crippen LogP contribution >= 0.6 is 15.9 Å². The van der Waals surface area contributed by atoms with E-state index in [1.165, 1.54) is 0 Å². The number of aryl methyl sites for hydroxylation is 1. The van der Waals surface area contributed by atoms with Gasteiger partial charge in [-0.05, 0) is 37.7 Å². The maximum absolute atomic E-state index is 9.12. The first-order chi connectivity index (χ1) is 10.2. The topological polar surface area (TPSA) is 45.0 Å². The molecule has 3 nitrogen and oxygen atoms in total. The Labute approximate surface area is 133 Å². The predicted octanol–water partition coefficient (Wildman–Crippen LogP) is 3.93. The van der Waals surface area contributed by atoms with Crippen LogP contribution in [0.3, 0.4) is 0 Å². The fraction of sp³-hybridized carbons (Fsp3) is 0.235. The van der Waals surface area contributed by atoms with Crippen LogP contribution in [0.15, 0.2) is 40.9 Å². The third-order valence-electron chi connectivity index (χ3n) is 3.19. The Morgan fingerprint density at radius 1 is 1.24 bits per heavy atom. The van der Waals surface area contributed by atoms with Gasteiger partial charge in [0.15, 0.2) is 0 Å². The molecule has 0 atom stereocenters. The first-order valence-electron chi connectivity index (χ1n) is 6.70. The van der Waals surface area contributed by atoms with Crippen LogP contribution in [0, 0.1) is 18.3 Å². The van der Waals surface area contributed by atoms with Crippen molar-refractivity contribution < 1.29 is 4.74 Å². The van der Waals surface area contributed by atoms with Gasteiger partial charge < -0.3 is 10.1 Å². The molecule has 1 N–H and O–H groups in total. The fourth-order valence-electron chi connectivity index (χ4n) is 2.23. The standard InChI is InChI=1S/C17H17BrN2O/c1-12-7-16(18)8-15(10-20-2)17(12)21-11-14-6-4-3-5-13(14)9-19/h3-8,20H,10-11H2,1-2H3. The number of hydrogen-bond donors (Lipinski definition) is 1. The molecule has 4 heteroatoms. The number of nitriles is 1. The van der Waals surface area contributed by atoms with Gasteiger partial charge in [-0.15, -0.1) is 0 Å². The number of ether oxygens (including phenoxy) is 1. The molecule has 0 spiro atoms. The zero-order chi connectivity index (χ0) is 15.2. The van der Waals surface area contributed by atoms with Crippen LogP contribution in [0.25, 0.3) is 0 Å². The Balaban J connectivity index is 2.26. The molecule has 108 valence electrons. The number of nitrogens with one attached hydrogen (secondary N) is 1. The second-order valence-electron chi connectivity index (χ2n) is 4.80. The summed E-state index contributed by atoms with van der Waals surface area (Å²) in [6, 6.07) is 13.8. The highest BCUT2D eigenvalue weighted by Crippen LogP contribution is 2.29. The summed E-state index contributed by atoms with van der Waals surface area (Å²) in [5.41, 5.74) is 3.73. The summed E-state index contributed by atoms with van der Waals surface area (Å²) in [7, 11) is 1.91. The van der Waals surface area contributed by atoms with Gasteiger partial charge in [-0.25, -0.2) is 0 Å². The number of rotatable bonds is 5. The molecule has 0 aliphatic carbocycles. The van der Waals surface area contributed by atoms with E-state index in [9.17, 15) is 0 Å². The first kappa shape index (κ1) is 15.6. The van der Waals surface area contributed by atoms with Gasteiger partial charge in [-0.1, -0.05) is 34.1 Å². The van der Waals surface area contributed by atoms with Gasteiger partial charge in [0.1, 0.15) is 12.4 Å². The van der Waals surface area contributed by atoms with Crippen LogP contribution in [-0.4, -0.2) is 7.05 Å². The SMILES string of the molecule is CNCc1cc(Br)cc(C)c1OCc1ccccc1C#N. The quantitative estimate of drug-likeness (QED) is 0.893. The van der Waals surface area contributed by atoms with Crippen molar-refractivity contribution in [3.63, 3.8) is 0 Å². The zero-order valence-electron chi connectivity index (χ0n) is 12.1. The smallest absolute Gasteiger partial charge is 0.127 e. The van der Waals surface area contributed by atoms with Crippen LogP contribution in [-0.2, 0) is 13.2 Å². The predicted molar refractivity (Wildman–Crippen MR) is 87.1 cm³/mol. The van der Waals surface area contributed by atoms with E-state index in [1.54, 1.807) is 0 Å². The molecular formula is C17H17BrN2O. The Kier molecular flexibility index (Phi) is 5.38. The largest absolute Gasteiger partial charge is 0.488 e. The van der Waals surface area contributed by atoms with Crippen molar-refractivity contribution in [2.45, 2.75) is 20.1 Å². The molecule has 0 aliphatic rings. The van der Waals surface area contributed by atoms with E-state index in [0.717, 1.165) is 33.5 Å². The van der Waals surface area contributed by atoms with E-state index >= 15 is 0 Å². The lowest BCUT2D eigenvalue weighted by atomic mass is 10.1. The monoisotopic (exact) mass is 344 g/mol. The maximum Gasteiger partial charge on any atom is 0.127 e. The number of halogens is 1. The molecule has 2 aromatic rings. The van der Waals surface area contributed by atoms with Crippen LogP contribution in [0.4, 0.5) is 0 Å². The van der Waals surface area contributed by atoms with Gasteiger partial charge in [0, 0.05) is 22.1 Å². The van der Waals surface area contributed by atoms with Crippen molar-refractivity contribution in [2.24, 2.45) is 0 Å². The summed E-state index contributed by atoms with van der Waals surface area (Å²) in [6.07, 6.45) is 0. The molecule has 0 aliphatic heterocycles. The molecule has 0 aromatic heterocycles. The van der Waals surface area contributed by atoms with E-state index in [0.29, 0.717) is 12.2 Å². The molecule has 0 unspecified atom stereocenters. The highest BCUT2D eigenvalue weighted by Gasteiger charge is 2.10. The third-order valence-corrected chi connectivity index (χ3v) is 3.65. The molecule has 0 amide bonds. The first-order valence-corrected chi connectivity index (χ1v) is 7.49. The van der Waals surface area contributed by atoms with Gasteiger partial charge in [-0.3, -0.25) is 0 Å². The molecule has 2 aromatic carbocycles. The number of benzene rings is 2. The number of nitrogens with zero attached hydrogens (tertiary/aromatic N) is 1. The van der Waals surface area contributed by atoms with Gasteiger partial charge in [0.05, 0.1) is 11.6 Å². The van der Waals surface area contributed by atoms with Crippen molar-refractivity contribution >= 4 is 15.9 Å². The average Bonchev–Trinajstić information content (AvgIpc) is 2.47. The summed E-state index contributed by atoms with van der Waals surface area (Å²) in [6.45, 7) is 3.15. The molecule has 0 heterocycles. The highest BCUT2D eigenvalue weighted by atomic mass is 79.9.